The molecule has 0 spiro atoms. The zero-order valence-electron chi connectivity index (χ0n) is 9.57. The Kier molecular flexibility index (Phi) is 5.32. The number of rotatable bonds is 6. The molecule has 0 radical (unpaired) electrons. The van der Waals surface area contributed by atoms with Crippen LogP contribution in [0.5, 0.6) is 0 Å². The fourth-order valence-electron chi connectivity index (χ4n) is 1.49. The van der Waals surface area contributed by atoms with Crippen molar-refractivity contribution in [3.05, 3.63) is 35.9 Å². The van der Waals surface area contributed by atoms with Gasteiger partial charge in [0.2, 0.25) is 6.41 Å². The summed E-state index contributed by atoms with van der Waals surface area (Å²) < 4.78 is 10.1. The Hall–Kier alpha value is -0.900. The molecule has 0 amide bonds. The number of methoxy groups -OCH3 is 2. The van der Waals surface area contributed by atoms with Crippen molar-refractivity contribution in [1.29, 1.82) is 0 Å². The standard InChI is InChI=1S/C12H19NO2/c1-10(13-12(14-2)15-3)9-11-7-5-4-6-8-11/h4-8,10,12-13H,9H2,1-3H3. The first-order chi connectivity index (χ1) is 7.26. The zero-order valence-corrected chi connectivity index (χ0v) is 9.57. The van der Waals surface area contributed by atoms with Gasteiger partial charge in [0.25, 0.3) is 0 Å². The molecule has 3 nitrogen and oxygen atoms in total. The number of nitrogens with one attached hydrogen (secondary N) is 1. The maximum atomic E-state index is 5.07. The highest BCUT2D eigenvalue weighted by Crippen LogP contribution is 2.03. The van der Waals surface area contributed by atoms with Crippen LogP contribution in [0.3, 0.4) is 0 Å². The van der Waals surface area contributed by atoms with Crippen LogP contribution >= 0.6 is 0 Å². The monoisotopic (exact) mass is 209 g/mol. The Morgan fingerprint density at radius 3 is 2.27 bits per heavy atom. The third-order valence-electron chi connectivity index (χ3n) is 2.23. The molecule has 0 aromatic heterocycles. The van der Waals surface area contributed by atoms with Crippen LogP contribution in [0.25, 0.3) is 0 Å². The van der Waals surface area contributed by atoms with Gasteiger partial charge >= 0.3 is 0 Å². The summed E-state index contributed by atoms with van der Waals surface area (Å²) in [5, 5.41) is 3.22. The summed E-state index contributed by atoms with van der Waals surface area (Å²) in [6.07, 6.45) is 0.632. The number of hydrogen-bond donors (Lipinski definition) is 1. The number of ether oxygens (including phenoxy) is 2. The Labute approximate surface area is 91.4 Å². The molecule has 15 heavy (non-hydrogen) atoms. The minimum atomic E-state index is -0.330. The fraction of sp³-hybridized carbons (Fsp3) is 0.500. The summed E-state index contributed by atoms with van der Waals surface area (Å²) >= 11 is 0. The van der Waals surface area contributed by atoms with E-state index in [4.69, 9.17) is 9.47 Å². The summed E-state index contributed by atoms with van der Waals surface area (Å²) in [6, 6.07) is 10.7. The highest BCUT2D eigenvalue weighted by molar-refractivity contribution is 5.15. The third kappa shape index (κ3) is 4.42. The van der Waals surface area contributed by atoms with Gasteiger partial charge < -0.3 is 9.47 Å². The lowest BCUT2D eigenvalue weighted by atomic mass is 10.1. The van der Waals surface area contributed by atoms with Crippen molar-refractivity contribution >= 4 is 0 Å². The van der Waals surface area contributed by atoms with Crippen molar-refractivity contribution in [3.63, 3.8) is 0 Å². The fourth-order valence-corrected chi connectivity index (χ4v) is 1.49. The molecule has 0 fully saturated rings. The van der Waals surface area contributed by atoms with E-state index in [9.17, 15) is 0 Å². The second-order valence-electron chi connectivity index (χ2n) is 3.56. The Bertz CT molecular complexity index is 260. The molecular formula is C12H19NO2. The molecule has 0 saturated carbocycles. The molecule has 0 aliphatic rings. The Balaban J connectivity index is 2.39. The molecule has 1 N–H and O–H groups in total. The van der Waals surface area contributed by atoms with E-state index in [0.717, 1.165) is 6.42 Å². The van der Waals surface area contributed by atoms with Crippen molar-refractivity contribution in [2.24, 2.45) is 0 Å². The summed E-state index contributed by atoms with van der Waals surface area (Å²) in [6.45, 7) is 2.11. The summed E-state index contributed by atoms with van der Waals surface area (Å²) in [5.74, 6) is 0. The Morgan fingerprint density at radius 2 is 1.73 bits per heavy atom. The van der Waals surface area contributed by atoms with Gasteiger partial charge in [0.05, 0.1) is 0 Å². The molecule has 1 unspecified atom stereocenters. The molecule has 0 saturated heterocycles. The molecular weight excluding hydrogens is 190 g/mol. The van der Waals surface area contributed by atoms with E-state index in [-0.39, 0.29) is 6.41 Å². The molecule has 0 aliphatic carbocycles. The molecule has 0 heterocycles. The van der Waals surface area contributed by atoms with Crippen LogP contribution in [0.15, 0.2) is 30.3 Å². The second-order valence-corrected chi connectivity index (χ2v) is 3.56. The smallest absolute Gasteiger partial charge is 0.215 e. The summed E-state index contributed by atoms with van der Waals surface area (Å²) in [4.78, 5) is 0. The van der Waals surface area contributed by atoms with E-state index < -0.39 is 0 Å². The van der Waals surface area contributed by atoms with Crippen molar-refractivity contribution in [3.8, 4) is 0 Å². The van der Waals surface area contributed by atoms with Crippen LogP contribution in [-0.2, 0) is 15.9 Å². The topological polar surface area (TPSA) is 30.5 Å². The van der Waals surface area contributed by atoms with Crippen molar-refractivity contribution in [2.75, 3.05) is 14.2 Å². The third-order valence-corrected chi connectivity index (χ3v) is 2.23. The highest BCUT2D eigenvalue weighted by atomic mass is 16.7. The van der Waals surface area contributed by atoms with E-state index in [0.29, 0.717) is 6.04 Å². The molecule has 0 aliphatic heterocycles. The largest absolute Gasteiger partial charge is 0.343 e. The summed E-state index contributed by atoms with van der Waals surface area (Å²) in [7, 11) is 3.24. The van der Waals surface area contributed by atoms with E-state index in [1.54, 1.807) is 14.2 Å². The van der Waals surface area contributed by atoms with Gasteiger partial charge in [0.1, 0.15) is 0 Å². The van der Waals surface area contributed by atoms with E-state index >= 15 is 0 Å². The lowest BCUT2D eigenvalue weighted by Crippen LogP contribution is -2.40. The van der Waals surface area contributed by atoms with Crippen molar-refractivity contribution in [1.82, 2.24) is 5.32 Å². The minimum absolute atomic E-state index is 0.317. The average molecular weight is 209 g/mol. The molecule has 84 valence electrons. The number of hydrogen-bond acceptors (Lipinski definition) is 3. The van der Waals surface area contributed by atoms with Gasteiger partial charge in [-0.1, -0.05) is 30.3 Å². The van der Waals surface area contributed by atoms with Crippen LogP contribution in [0.4, 0.5) is 0 Å². The van der Waals surface area contributed by atoms with E-state index in [2.05, 4.69) is 24.4 Å². The van der Waals surface area contributed by atoms with Gasteiger partial charge in [0.15, 0.2) is 0 Å². The predicted octanol–water partition coefficient (Wildman–Crippen LogP) is 1.78. The van der Waals surface area contributed by atoms with Gasteiger partial charge in [-0.15, -0.1) is 0 Å². The molecule has 1 atom stereocenters. The Morgan fingerprint density at radius 1 is 1.13 bits per heavy atom. The molecule has 1 rings (SSSR count). The average Bonchev–Trinajstić information content (AvgIpc) is 2.27. The lowest BCUT2D eigenvalue weighted by Gasteiger charge is -2.20. The van der Waals surface area contributed by atoms with Crippen molar-refractivity contribution in [2.45, 2.75) is 25.8 Å². The first-order valence-corrected chi connectivity index (χ1v) is 5.12. The van der Waals surface area contributed by atoms with Crippen LogP contribution < -0.4 is 5.32 Å². The van der Waals surface area contributed by atoms with Crippen LogP contribution in [0.1, 0.15) is 12.5 Å². The number of benzene rings is 1. The van der Waals surface area contributed by atoms with Crippen LogP contribution in [0.2, 0.25) is 0 Å². The lowest BCUT2D eigenvalue weighted by molar-refractivity contribution is -0.128. The van der Waals surface area contributed by atoms with Crippen LogP contribution in [-0.4, -0.2) is 26.7 Å². The normalized spacial score (nSPS) is 13.1. The zero-order chi connectivity index (χ0) is 11.1. The second kappa shape index (κ2) is 6.56. The molecule has 3 heteroatoms. The summed E-state index contributed by atoms with van der Waals surface area (Å²) in [5.41, 5.74) is 1.31. The van der Waals surface area contributed by atoms with Gasteiger partial charge in [0, 0.05) is 20.3 Å². The first-order valence-electron chi connectivity index (χ1n) is 5.12. The van der Waals surface area contributed by atoms with E-state index in [1.807, 2.05) is 18.2 Å². The first kappa shape index (κ1) is 12.2. The minimum Gasteiger partial charge on any atom is -0.343 e. The maximum Gasteiger partial charge on any atom is 0.215 e. The van der Waals surface area contributed by atoms with Gasteiger partial charge in [-0.2, -0.15) is 0 Å². The predicted molar refractivity (Wildman–Crippen MR) is 60.5 cm³/mol. The van der Waals surface area contributed by atoms with Crippen molar-refractivity contribution < 1.29 is 9.47 Å². The maximum absolute atomic E-state index is 5.07. The van der Waals surface area contributed by atoms with Gasteiger partial charge in [-0.25, -0.2) is 0 Å². The van der Waals surface area contributed by atoms with Gasteiger partial charge in [-0.05, 0) is 18.9 Å². The molecule has 1 aromatic rings. The van der Waals surface area contributed by atoms with Crippen LogP contribution in [0, 0.1) is 0 Å². The van der Waals surface area contributed by atoms with Gasteiger partial charge in [-0.3, -0.25) is 5.32 Å². The highest BCUT2D eigenvalue weighted by Gasteiger charge is 2.09. The SMILES string of the molecule is COC(NC(C)Cc1ccccc1)OC. The quantitative estimate of drug-likeness (QED) is 0.724. The molecule has 0 bridgehead atoms. The molecule has 1 aromatic carbocycles. The van der Waals surface area contributed by atoms with E-state index in [1.165, 1.54) is 5.56 Å².